The molecule has 5 nitrogen and oxygen atoms in total. The van der Waals surface area contributed by atoms with Gasteiger partial charge in [0.05, 0.1) is 23.5 Å². The van der Waals surface area contributed by atoms with E-state index in [1.165, 1.54) is 25.9 Å². The molecule has 3 rings (SSSR count). The van der Waals surface area contributed by atoms with Gasteiger partial charge in [0.1, 0.15) is 0 Å². The van der Waals surface area contributed by atoms with Crippen LogP contribution in [0.25, 0.3) is 0 Å². The Bertz CT molecular complexity index is 532. The van der Waals surface area contributed by atoms with Crippen molar-refractivity contribution in [1.82, 2.24) is 4.90 Å². The summed E-state index contributed by atoms with van der Waals surface area (Å²) in [7, 11) is 0. The van der Waals surface area contributed by atoms with Crippen LogP contribution in [0.2, 0.25) is 0 Å². The van der Waals surface area contributed by atoms with Crippen molar-refractivity contribution in [1.29, 1.82) is 0 Å². The second kappa shape index (κ2) is 5.93. The van der Waals surface area contributed by atoms with Gasteiger partial charge in [-0.1, -0.05) is 0 Å². The Morgan fingerprint density at radius 2 is 2.29 bits per heavy atom. The highest BCUT2D eigenvalue weighted by Crippen LogP contribution is 2.31. The van der Waals surface area contributed by atoms with Crippen LogP contribution in [0.3, 0.4) is 0 Å². The lowest BCUT2D eigenvalue weighted by molar-refractivity contribution is 0.0526. The molecule has 0 aliphatic carbocycles. The van der Waals surface area contributed by atoms with E-state index in [1.807, 2.05) is 6.07 Å². The van der Waals surface area contributed by atoms with Crippen molar-refractivity contribution < 1.29 is 9.53 Å². The van der Waals surface area contributed by atoms with Crippen molar-refractivity contribution in [2.75, 3.05) is 30.7 Å². The topological polar surface area (TPSA) is 67.6 Å². The van der Waals surface area contributed by atoms with Gasteiger partial charge < -0.3 is 15.8 Å². The van der Waals surface area contributed by atoms with Crippen LogP contribution in [0.1, 0.15) is 36.5 Å². The third-order valence-electron chi connectivity index (χ3n) is 4.51. The van der Waals surface area contributed by atoms with Gasteiger partial charge in [-0.05, 0) is 50.9 Å². The lowest BCUT2D eigenvalue weighted by Crippen LogP contribution is -2.33. The van der Waals surface area contributed by atoms with Crippen LogP contribution in [0.4, 0.5) is 11.4 Å². The molecule has 0 saturated carbocycles. The molecule has 0 aromatic heterocycles. The van der Waals surface area contributed by atoms with Crippen molar-refractivity contribution in [2.24, 2.45) is 0 Å². The number of hydrogen-bond acceptors (Lipinski definition) is 5. The monoisotopic (exact) mass is 289 g/mol. The minimum atomic E-state index is -0.321. The first-order chi connectivity index (χ1) is 10.2. The van der Waals surface area contributed by atoms with Crippen molar-refractivity contribution in [3.05, 3.63) is 23.8 Å². The summed E-state index contributed by atoms with van der Waals surface area (Å²) in [6, 6.07) is 6.45. The fourth-order valence-electron chi connectivity index (χ4n) is 3.49. The van der Waals surface area contributed by atoms with Gasteiger partial charge in [-0.2, -0.15) is 0 Å². The fraction of sp³-hybridized carbons (Fsp3) is 0.562. The second-order valence-corrected chi connectivity index (χ2v) is 5.81. The van der Waals surface area contributed by atoms with Crippen molar-refractivity contribution in [3.63, 3.8) is 0 Å². The molecule has 3 N–H and O–H groups in total. The molecule has 2 heterocycles. The molecule has 1 aromatic rings. The van der Waals surface area contributed by atoms with E-state index in [4.69, 9.17) is 10.5 Å². The van der Waals surface area contributed by atoms with Gasteiger partial charge in [0.15, 0.2) is 0 Å². The zero-order chi connectivity index (χ0) is 14.8. The number of carbonyl (C=O) groups is 1. The Morgan fingerprint density at radius 1 is 1.43 bits per heavy atom. The van der Waals surface area contributed by atoms with Gasteiger partial charge in [0, 0.05) is 18.6 Å². The molecule has 114 valence electrons. The van der Waals surface area contributed by atoms with Crippen LogP contribution in [0.5, 0.6) is 0 Å². The third-order valence-corrected chi connectivity index (χ3v) is 4.51. The first kappa shape index (κ1) is 14.2. The van der Waals surface area contributed by atoms with Gasteiger partial charge in [-0.25, -0.2) is 4.79 Å². The number of nitrogens with two attached hydrogens (primary N) is 1. The number of fused-ring (bicyclic) bond motifs is 1. The Balaban J connectivity index is 1.70. The number of esters is 1. The van der Waals surface area contributed by atoms with E-state index < -0.39 is 0 Å². The number of anilines is 2. The Kier molecular flexibility index (Phi) is 4.01. The average Bonchev–Trinajstić information content (AvgIpc) is 3.06. The minimum Gasteiger partial charge on any atom is -0.462 e. The molecule has 21 heavy (non-hydrogen) atoms. The normalized spacial score (nSPS) is 24.8. The highest BCUT2D eigenvalue weighted by Gasteiger charge is 2.37. The fourth-order valence-corrected chi connectivity index (χ4v) is 3.49. The van der Waals surface area contributed by atoms with E-state index in [9.17, 15) is 4.79 Å². The largest absolute Gasteiger partial charge is 0.462 e. The molecule has 0 bridgehead atoms. The zero-order valence-corrected chi connectivity index (χ0v) is 12.5. The molecule has 0 spiro atoms. The highest BCUT2D eigenvalue weighted by atomic mass is 16.5. The molecular weight excluding hydrogens is 266 g/mol. The lowest BCUT2D eigenvalue weighted by Gasteiger charge is -2.23. The number of hydrogen-bond donors (Lipinski definition) is 2. The lowest BCUT2D eigenvalue weighted by atomic mass is 10.1. The second-order valence-electron chi connectivity index (χ2n) is 5.81. The maximum atomic E-state index is 11.7. The third kappa shape index (κ3) is 2.83. The van der Waals surface area contributed by atoms with Crippen LogP contribution in [0, 0.1) is 0 Å². The van der Waals surface area contributed by atoms with Gasteiger partial charge >= 0.3 is 5.97 Å². The maximum Gasteiger partial charge on any atom is 0.338 e. The molecule has 5 heteroatoms. The van der Waals surface area contributed by atoms with Gasteiger partial charge in [0.2, 0.25) is 0 Å². The summed E-state index contributed by atoms with van der Waals surface area (Å²) in [6.07, 6.45) is 3.71. The van der Waals surface area contributed by atoms with Crippen LogP contribution in [-0.4, -0.2) is 42.6 Å². The van der Waals surface area contributed by atoms with Crippen molar-refractivity contribution >= 4 is 17.3 Å². The number of nitrogens with one attached hydrogen (secondary N) is 1. The quantitative estimate of drug-likeness (QED) is 0.656. The summed E-state index contributed by atoms with van der Waals surface area (Å²) in [6.45, 7) is 4.56. The van der Waals surface area contributed by atoms with E-state index in [1.54, 1.807) is 19.1 Å². The molecule has 2 saturated heterocycles. The molecule has 2 unspecified atom stereocenters. The number of nitrogens with zero attached hydrogens (tertiary/aromatic N) is 1. The Morgan fingerprint density at radius 3 is 3.05 bits per heavy atom. The van der Waals surface area contributed by atoms with E-state index in [2.05, 4.69) is 10.2 Å². The van der Waals surface area contributed by atoms with Gasteiger partial charge in [-0.3, -0.25) is 4.90 Å². The molecule has 1 aromatic carbocycles. The van der Waals surface area contributed by atoms with Crippen molar-refractivity contribution in [2.45, 2.75) is 38.3 Å². The summed E-state index contributed by atoms with van der Waals surface area (Å²) in [5.74, 6) is -0.321. The minimum absolute atomic E-state index is 0.321. The predicted molar refractivity (Wildman–Crippen MR) is 83.4 cm³/mol. The van der Waals surface area contributed by atoms with E-state index >= 15 is 0 Å². The molecule has 2 fully saturated rings. The highest BCUT2D eigenvalue weighted by molar-refractivity contribution is 5.92. The van der Waals surface area contributed by atoms with Crippen LogP contribution in [-0.2, 0) is 4.74 Å². The smallest absolute Gasteiger partial charge is 0.338 e. The zero-order valence-electron chi connectivity index (χ0n) is 12.5. The predicted octanol–water partition coefficient (Wildman–Crippen LogP) is 2.09. The van der Waals surface area contributed by atoms with Gasteiger partial charge in [0.25, 0.3) is 0 Å². The Labute approximate surface area is 125 Å². The first-order valence-corrected chi connectivity index (χ1v) is 7.76. The summed E-state index contributed by atoms with van der Waals surface area (Å²) < 4.78 is 4.99. The first-order valence-electron chi connectivity index (χ1n) is 7.76. The molecular formula is C16H23N3O2. The number of benzene rings is 1. The summed E-state index contributed by atoms with van der Waals surface area (Å²) in [5, 5.41) is 3.56. The molecule has 2 aliphatic rings. The SMILES string of the molecule is CCOC(=O)c1ccc(NC2CCN3CCCC23)c(N)c1. The van der Waals surface area contributed by atoms with E-state index in [0.29, 0.717) is 29.9 Å². The molecule has 0 radical (unpaired) electrons. The molecule has 2 aliphatic heterocycles. The maximum absolute atomic E-state index is 11.7. The number of ether oxygens (including phenoxy) is 1. The standard InChI is InChI=1S/C16H23N3O2/c1-2-21-16(20)11-5-6-13(12(17)10-11)18-14-7-9-19-8-3-4-15(14)19/h5-6,10,14-15,18H,2-4,7-9,17H2,1H3. The Hall–Kier alpha value is -1.75. The van der Waals surface area contributed by atoms with Gasteiger partial charge in [-0.15, -0.1) is 0 Å². The van der Waals surface area contributed by atoms with Crippen LogP contribution < -0.4 is 11.1 Å². The number of carbonyl (C=O) groups excluding carboxylic acids is 1. The summed E-state index contributed by atoms with van der Waals surface area (Å²) in [4.78, 5) is 14.3. The average molecular weight is 289 g/mol. The molecule has 2 atom stereocenters. The van der Waals surface area contributed by atoms with Crippen molar-refractivity contribution in [3.8, 4) is 0 Å². The van der Waals surface area contributed by atoms with E-state index in [-0.39, 0.29) is 5.97 Å². The number of rotatable bonds is 4. The van der Waals surface area contributed by atoms with Crippen LogP contribution in [0.15, 0.2) is 18.2 Å². The molecule has 0 amide bonds. The summed E-state index contributed by atoms with van der Waals surface area (Å²) in [5.41, 5.74) is 8.12. The van der Waals surface area contributed by atoms with Crippen LogP contribution >= 0.6 is 0 Å². The van der Waals surface area contributed by atoms with E-state index in [0.717, 1.165) is 12.1 Å². The number of nitrogen functional groups attached to an aromatic ring is 1. The summed E-state index contributed by atoms with van der Waals surface area (Å²) >= 11 is 0.